The Labute approximate surface area is 73.0 Å². The van der Waals surface area contributed by atoms with Crippen LogP contribution in [0.1, 0.15) is 0 Å². The number of nitrogens with zero attached hydrogens (tertiary/aromatic N) is 1. The summed E-state index contributed by atoms with van der Waals surface area (Å²) in [6.45, 7) is 0. The van der Waals surface area contributed by atoms with E-state index in [9.17, 15) is 8.78 Å². The molecule has 1 aromatic heterocycles. The molecule has 0 saturated heterocycles. The highest BCUT2D eigenvalue weighted by Crippen LogP contribution is 2.21. The molecule has 1 aromatic carbocycles. The summed E-state index contributed by atoms with van der Waals surface area (Å²) in [4.78, 5) is 3.71. The molecule has 4 heteroatoms. The summed E-state index contributed by atoms with van der Waals surface area (Å²) in [6, 6.07) is 4.03. The summed E-state index contributed by atoms with van der Waals surface area (Å²) in [6.07, 6.45) is 1.04. The predicted molar refractivity (Wildman–Crippen MR) is 46.1 cm³/mol. The minimum Gasteiger partial charge on any atom is -0.396 e. The van der Waals surface area contributed by atoms with Crippen molar-refractivity contribution in [2.24, 2.45) is 0 Å². The Balaban J connectivity index is 2.89. The number of halogens is 2. The maximum Gasteiger partial charge on any atom is 0.155 e. The molecule has 0 saturated carbocycles. The molecule has 0 unspecified atom stereocenters. The minimum atomic E-state index is -0.621. The van der Waals surface area contributed by atoms with Crippen LogP contribution in [0.5, 0.6) is 0 Å². The van der Waals surface area contributed by atoms with Gasteiger partial charge in [-0.1, -0.05) is 0 Å². The van der Waals surface area contributed by atoms with E-state index in [-0.39, 0.29) is 11.1 Å². The van der Waals surface area contributed by atoms with Crippen molar-refractivity contribution in [2.45, 2.75) is 0 Å². The Kier molecular flexibility index (Phi) is 1.62. The molecule has 66 valence electrons. The third-order valence-electron chi connectivity index (χ3n) is 1.80. The number of anilines is 1. The van der Waals surface area contributed by atoms with Gasteiger partial charge in [0.05, 0.1) is 17.4 Å². The van der Waals surface area contributed by atoms with Crippen LogP contribution in [-0.4, -0.2) is 4.98 Å². The molecule has 2 nitrogen and oxygen atoms in total. The molecule has 0 aliphatic rings. The molecule has 0 aliphatic carbocycles. The van der Waals surface area contributed by atoms with E-state index in [2.05, 4.69) is 4.98 Å². The number of hydrogen-bond donors (Lipinski definition) is 1. The zero-order valence-corrected chi connectivity index (χ0v) is 6.59. The molecule has 0 atom stereocenters. The van der Waals surface area contributed by atoms with E-state index in [0.717, 1.165) is 12.3 Å². The van der Waals surface area contributed by atoms with Crippen molar-refractivity contribution in [3.8, 4) is 0 Å². The molecule has 1 heterocycles. The Morgan fingerprint density at radius 3 is 2.77 bits per heavy atom. The van der Waals surface area contributed by atoms with Crippen LogP contribution in [0, 0.1) is 11.6 Å². The Morgan fingerprint density at radius 2 is 2.00 bits per heavy atom. The lowest BCUT2D eigenvalue weighted by atomic mass is 10.2. The number of hydrogen-bond acceptors (Lipinski definition) is 2. The van der Waals surface area contributed by atoms with Crippen molar-refractivity contribution in [3.05, 3.63) is 36.0 Å². The van der Waals surface area contributed by atoms with Crippen molar-refractivity contribution in [1.29, 1.82) is 0 Å². The lowest BCUT2D eigenvalue weighted by molar-refractivity contribution is 0.618. The SMILES string of the molecule is Nc1ccc2ncc(F)cc2c1F. The van der Waals surface area contributed by atoms with Gasteiger partial charge in [-0.05, 0) is 18.2 Å². The van der Waals surface area contributed by atoms with E-state index < -0.39 is 11.6 Å². The van der Waals surface area contributed by atoms with Crippen molar-refractivity contribution >= 4 is 16.6 Å². The summed E-state index contributed by atoms with van der Waals surface area (Å²) in [7, 11) is 0. The Bertz CT molecular complexity index is 463. The molecule has 0 amide bonds. The Morgan fingerprint density at radius 1 is 1.23 bits per heavy atom. The first-order chi connectivity index (χ1) is 6.18. The fraction of sp³-hybridized carbons (Fsp3) is 0. The van der Waals surface area contributed by atoms with Crippen LogP contribution in [0.2, 0.25) is 0 Å². The number of fused-ring (bicyclic) bond motifs is 1. The molecule has 0 bridgehead atoms. The average Bonchev–Trinajstić information content (AvgIpc) is 2.12. The maximum atomic E-state index is 13.2. The van der Waals surface area contributed by atoms with Crippen molar-refractivity contribution < 1.29 is 8.78 Å². The fourth-order valence-electron chi connectivity index (χ4n) is 1.16. The number of nitrogen functional groups attached to an aromatic ring is 1. The number of benzene rings is 1. The fourth-order valence-corrected chi connectivity index (χ4v) is 1.16. The van der Waals surface area contributed by atoms with Gasteiger partial charge in [0.15, 0.2) is 5.82 Å². The van der Waals surface area contributed by atoms with Gasteiger partial charge in [-0.25, -0.2) is 8.78 Å². The molecule has 0 fully saturated rings. The van der Waals surface area contributed by atoms with Crippen LogP contribution >= 0.6 is 0 Å². The zero-order chi connectivity index (χ0) is 9.42. The second-order valence-electron chi connectivity index (χ2n) is 2.69. The van der Waals surface area contributed by atoms with Gasteiger partial charge in [-0.15, -0.1) is 0 Å². The number of rotatable bonds is 0. The molecular weight excluding hydrogens is 174 g/mol. The van der Waals surface area contributed by atoms with Crippen LogP contribution in [0.25, 0.3) is 10.9 Å². The van der Waals surface area contributed by atoms with E-state index in [1.807, 2.05) is 0 Å². The molecule has 2 aromatic rings. The van der Waals surface area contributed by atoms with Gasteiger partial charge >= 0.3 is 0 Å². The predicted octanol–water partition coefficient (Wildman–Crippen LogP) is 2.10. The topological polar surface area (TPSA) is 38.9 Å². The van der Waals surface area contributed by atoms with Crippen LogP contribution in [-0.2, 0) is 0 Å². The van der Waals surface area contributed by atoms with Crippen LogP contribution < -0.4 is 5.73 Å². The molecule has 2 N–H and O–H groups in total. The summed E-state index contributed by atoms with van der Waals surface area (Å²) >= 11 is 0. The first-order valence-electron chi connectivity index (χ1n) is 3.68. The van der Waals surface area contributed by atoms with Gasteiger partial charge in [-0.3, -0.25) is 4.98 Å². The van der Waals surface area contributed by atoms with E-state index in [1.54, 1.807) is 6.07 Å². The third kappa shape index (κ3) is 1.20. The highest BCUT2D eigenvalue weighted by atomic mass is 19.1. The summed E-state index contributed by atoms with van der Waals surface area (Å²) in [5.74, 6) is -1.19. The van der Waals surface area contributed by atoms with Gasteiger partial charge in [0.1, 0.15) is 5.82 Å². The molecule has 0 aliphatic heterocycles. The normalized spacial score (nSPS) is 10.6. The summed E-state index contributed by atoms with van der Waals surface area (Å²) in [5.41, 5.74) is 5.71. The first kappa shape index (κ1) is 7.91. The molecule has 0 spiro atoms. The second-order valence-corrected chi connectivity index (χ2v) is 2.69. The van der Waals surface area contributed by atoms with Crippen LogP contribution in [0.3, 0.4) is 0 Å². The smallest absolute Gasteiger partial charge is 0.155 e. The largest absolute Gasteiger partial charge is 0.396 e. The van der Waals surface area contributed by atoms with E-state index in [4.69, 9.17) is 5.73 Å². The monoisotopic (exact) mass is 180 g/mol. The van der Waals surface area contributed by atoms with Crippen molar-refractivity contribution in [3.63, 3.8) is 0 Å². The zero-order valence-electron chi connectivity index (χ0n) is 6.59. The molecule has 2 rings (SSSR count). The number of pyridine rings is 1. The van der Waals surface area contributed by atoms with Crippen molar-refractivity contribution in [2.75, 3.05) is 5.73 Å². The van der Waals surface area contributed by atoms with Gasteiger partial charge in [0, 0.05) is 5.39 Å². The van der Waals surface area contributed by atoms with Crippen LogP contribution in [0.4, 0.5) is 14.5 Å². The van der Waals surface area contributed by atoms with Crippen LogP contribution in [0.15, 0.2) is 24.4 Å². The average molecular weight is 180 g/mol. The Hall–Kier alpha value is -1.71. The second kappa shape index (κ2) is 2.65. The quantitative estimate of drug-likeness (QED) is 0.630. The van der Waals surface area contributed by atoms with Gasteiger partial charge in [0.2, 0.25) is 0 Å². The van der Waals surface area contributed by atoms with Gasteiger partial charge in [0.25, 0.3) is 0 Å². The lowest BCUT2D eigenvalue weighted by Crippen LogP contribution is -1.93. The molecule has 0 radical (unpaired) electrons. The number of aromatic nitrogens is 1. The van der Waals surface area contributed by atoms with Gasteiger partial charge in [-0.2, -0.15) is 0 Å². The first-order valence-corrected chi connectivity index (χ1v) is 3.68. The molecule has 13 heavy (non-hydrogen) atoms. The van der Waals surface area contributed by atoms with Crippen molar-refractivity contribution in [1.82, 2.24) is 4.98 Å². The number of nitrogens with two attached hydrogens (primary N) is 1. The summed E-state index contributed by atoms with van der Waals surface area (Å²) in [5, 5.41) is 0.111. The highest BCUT2D eigenvalue weighted by molar-refractivity contribution is 5.82. The van der Waals surface area contributed by atoms with E-state index in [1.165, 1.54) is 6.07 Å². The maximum absolute atomic E-state index is 13.2. The molecular formula is C9H6F2N2. The van der Waals surface area contributed by atoms with E-state index >= 15 is 0 Å². The lowest BCUT2D eigenvalue weighted by Gasteiger charge is -2.00. The highest BCUT2D eigenvalue weighted by Gasteiger charge is 2.05. The standard InChI is InChI=1S/C9H6F2N2/c10-5-3-6-8(13-4-5)2-1-7(12)9(6)11/h1-4H,12H2. The minimum absolute atomic E-state index is 0.0000926. The summed E-state index contributed by atoms with van der Waals surface area (Å²) < 4.78 is 25.9. The van der Waals surface area contributed by atoms with Gasteiger partial charge < -0.3 is 5.73 Å². The third-order valence-corrected chi connectivity index (χ3v) is 1.80. The van der Waals surface area contributed by atoms with E-state index in [0.29, 0.717) is 5.52 Å².